The second-order valence-electron chi connectivity index (χ2n) is 7.94. The van der Waals surface area contributed by atoms with E-state index >= 15 is 0 Å². The molecule has 27 heavy (non-hydrogen) atoms. The molecule has 0 saturated carbocycles. The van der Waals surface area contributed by atoms with Gasteiger partial charge in [-0.1, -0.05) is 0 Å². The number of nitrogens with one attached hydrogen (secondary N) is 1. The van der Waals surface area contributed by atoms with Crippen molar-refractivity contribution in [2.24, 2.45) is 4.99 Å². The highest BCUT2D eigenvalue weighted by atomic mass is 32.2. The van der Waals surface area contributed by atoms with E-state index < -0.39 is 15.6 Å². The lowest BCUT2D eigenvalue weighted by atomic mass is 10.2. The van der Waals surface area contributed by atoms with E-state index in [2.05, 4.69) is 15.2 Å². The van der Waals surface area contributed by atoms with E-state index in [0.717, 1.165) is 5.96 Å². The largest absolute Gasteiger partial charge is 0.444 e. The molecule has 2 heterocycles. The lowest BCUT2D eigenvalue weighted by Crippen LogP contribution is -2.57. The zero-order valence-electron chi connectivity index (χ0n) is 17.1. The smallest absolute Gasteiger partial charge is 0.410 e. The minimum absolute atomic E-state index is 0.118. The van der Waals surface area contributed by atoms with Gasteiger partial charge in [-0.2, -0.15) is 0 Å². The Bertz CT molecular complexity index is 659. The SMILES string of the molecule is CCS(=O)(=O)N(C)CCCNC1=NCC2CN(C(=O)OC(C)(C)C)CCN12. The predicted octanol–water partition coefficient (Wildman–Crippen LogP) is 0.539. The van der Waals surface area contributed by atoms with Gasteiger partial charge in [-0.3, -0.25) is 4.99 Å². The maximum atomic E-state index is 12.2. The van der Waals surface area contributed by atoms with Gasteiger partial charge in [0.2, 0.25) is 10.0 Å². The number of carbonyl (C=O) groups excluding carboxylic acids is 1. The summed E-state index contributed by atoms with van der Waals surface area (Å²) in [5.41, 5.74) is -0.495. The van der Waals surface area contributed by atoms with Gasteiger partial charge in [-0.05, 0) is 34.1 Å². The highest BCUT2D eigenvalue weighted by Gasteiger charge is 2.36. The quantitative estimate of drug-likeness (QED) is 0.651. The van der Waals surface area contributed by atoms with Crippen LogP contribution in [0.15, 0.2) is 4.99 Å². The molecule has 2 aliphatic heterocycles. The topological polar surface area (TPSA) is 94.6 Å². The molecule has 0 aromatic rings. The number of piperazine rings is 1. The molecule has 1 unspecified atom stereocenters. The molecule has 2 rings (SSSR count). The molecule has 0 aliphatic carbocycles. The minimum atomic E-state index is -3.13. The fourth-order valence-electron chi connectivity index (χ4n) is 3.08. The van der Waals surface area contributed by atoms with Crippen LogP contribution in [0.3, 0.4) is 0 Å². The summed E-state index contributed by atoms with van der Waals surface area (Å²) < 4.78 is 30.3. The van der Waals surface area contributed by atoms with Crippen molar-refractivity contribution in [1.29, 1.82) is 0 Å². The highest BCUT2D eigenvalue weighted by molar-refractivity contribution is 7.89. The molecule has 156 valence electrons. The normalized spacial score (nSPS) is 20.5. The van der Waals surface area contributed by atoms with E-state index in [1.54, 1.807) is 18.9 Å². The van der Waals surface area contributed by atoms with E-state index in [4.69, 9.17) is 4.74 Å². The van der Waals surface area contributed by atoms with Gasteiger partial charge in [-0.15, -0.1) is 0 Å². The minimum Gasteiger partial charge on any atom is -0.444 e. The van der Waals surface area contributed by atoms with Crippen molar-refractivity contribution in [3.63, 3.8) is 0 Å². The van der Waals surface area contributed by atoms with E-state index in [-0.39, 0.29) is 17.9 Å². The van der Waals surface area contributed by atoms with Crippen molar-refractivity contribution in [2.75, 3.05) is 52.1 Å². The first kappa shape index (κ1) is 21.7. The fraction of sp³-hybridized carbons (Fsp3) is 0.882. The number of ether oxygens (including phenoxy) is 1. The summed E-state index contributed by atoms with van der Waals surface area (Å²) in [6.07, 6.45) is 0.431. The zero-order chi connectivity index (χ0) is 20.2. The number of amides is 1. The van der Waals surface area contributed by atoms with Gasteiger partial charge in [0.25, 0.3) is 0 Å². The van der Waals surface area contributed by atoms with Gasteiger partial charge in [-0.25, -0.2) is 17.5 Å². The third-order valence-corrected chi connectivity index (χ3v) is 6.49. The Kier molecular flexibility index (Phi) is 6.96. The number of hydrogen-bond acceptors (Lipinski definition) is 7. The number of fused-ring (bicyclic) bond motifs is 1. The maximum Gasteiger partial charge on any atom is 0.410 e. The van der Waals surface area contributed by atoms with Gasteiger partial charge >= 0.3 is 6.09 Å². The molecule has 0 aromatic carbocycles. The molecule has 9 nitrogen and oxygen atoms in total. The first-order valence-electron chi connectivity index (χ1n) is 9.50. The molecule has 1 fully saturated rings. The molecule has 0 radical (unpaired) electrons. The molecular formula is C17H33N5O4S. The fourth-order valence-corrected chi connectivity index (χ4v) is 3.93. The van der Waals surface area contributed by atoms with Crippen molar-refractivity contribution in [1.82, 2.24) is 19.4 Å². The highest BCUT2D eigenvalue weighted by Crippen LogP contribution is 2.18. The van der Waals surface area contributed by atoms with Crippen molar-refractivity contribution in [2.45, 2.75) is 45.8 Å². The summed E-state index contributed by atoms with van der Waals surface area (Å²) in [7, 11) is -1.52. The predicted molar refractivity (Wildman–Crippen MR) is 105 cm³/mol. The average Bonchev–Trinajstić information content (AvgIpc) is 2.99. The Balaban J connectivity index is 1.75. The number of hydrogen-bond donors (Lipinski definition) is 1. The van der Waals surface area contributed by atoms with Gasteiger partial charge < -0.3 is 19.9 Å². The zero-order valence-corrected chi connectivity index (χ0v) is 17.9. The van der Waals surface area contributed by atoms with Crippen LogP contribution in [0.25, 0.3) is 0 Å². The second-order valence-corrected chi connectivity index (χ2v) is 10.3. The Morgan fingerprint density at radius 2 is 2.07 bits per heavy atom. The van der Waals surface area contributed by atoms with Crippen molar-refractivity contribution >= 4 is 22.1 Å². The average molecular weight is 404 g/mol. The lowest BCUT2D eigenvalue weighted by molar-refractivity contribution is 0.0137. The number of rotatable bonds is 6. The van der Waals surface area contributed by atoms with Crippen LogP contribution in [0, 0.1) is 0 Å². The van der Waals surface area contributed by atoms with E-state index in [1.165, 1.54) is 4.31 Å². The summed E-state index contributed by atoms with van der Waals surface area (Å²) in [6, 6.07) is 0.164. The Morgan fingerprint density at radius 3 is 2.70 bits per heavy atom. The van der Waals surface area contributed by atoms with Gasteiger partial charge in [0.05, 0.1) is 18.3 Å². The van der Waals surface area contributed by atoms with Crippen LogP contribution in [0.1, 0.15) is 34.1 Å². The molecule has 1 saturated heterocycles. The Labute approximate surface area is 162 Å². The third kappa shape index (κ3) is 5.97. The molecule has 10 heteroatoms. The summed E-state index contributed by atoms with van der Waals surface area (Å²) in [6.45, 7) is 10.9. The molecular weight excluding hydrogens is 370 g/mol. The molecule has 0 bridgehead atoms. The summed E-state index contributed by atoms with van der Waals surface area (Å²) in [5, 5.41) is 3.31. The van der Waals surface area contributed by atoms with Crippen LogP contribution >= 0.6 is 0 Å². The van der Waals surface area contributed by atoms with Crippen molar-refractivity contribution in [3.05, 3.63) is 0 Å². The molecule has 0 spiro atoms. The lowest BCUT2D eigenvalue weighted by Gasteiger charge is -2.39. The first-order chi connectivity index (χ1) is 12.5. The number of carbonyl (C=O) groups is 1. The maximum absolute atomic E-state index is 12.2. The summed E-state index contributed by atoms with van der Waals surface area (Å²) in [4.78, 5) is 20.7. The summed E-state index contributed by atoms with van der Waals surface area (Å²) in [5.74, 6) is 0.956. The number of guanidine groups is 1. The molecule has 0 aromatic heterocycles. The van der Waals surface area contributed by atoms with Crippen LogP contribution < -0.4 is 5.32 Å². The number of sulfonamides is 1. The number of nitrogens with zero attached hydrogens (tertiary/aromatic N) is 4. The Hall–Kier alpha value is -1.55. The van der Waals surface area contributed by atoms with Crippen LogP contribution in [-0.4, -0.2) is 98.3 Å². The van der Waals surface area contributed by atoms with Crippen LogP contribution in [0.5, 0.6) is 0 Å². The van der Waals surface area contributed by atoms with E-state index in [1.807, 2.05) is 20.8 Å². The third-order valence-electron chi connectivity index (χ3n) is 4.63. The Morgan fingerprint density at radius 1 is 1.37 bits per heavy atom. The van der Waals surface area contributed by atoms with Crippen LogP contribution in [-0.2, 0) is 14.8 Å². The van der Waals surface area contributed by atoms with Crippen molar-refractivity contribution in [3.8, 4) is 0 Å². The molecule has 2 aliphatic rings. The van der Waals surface area contributed by atoms with Crippen LogP contribution in [0.2, 0.25) is 0 Å². The molecule has 1 amide bonds. The summed E-state index contributed by atoms with van der Waals surface area (Å²) >= 11 is 0. The molecule has 1 N–H and O–H groups in total. The van der Waals surface area contributed by atoms with E-state index in [0.29, 0.717) is 45.7 Å². The van der Waals surface area contributed by atoms with E-state index in [9.17, 15) is 13.2 Å². The first-order valence-corrected chi connectivity index (χ1v) is 11.1. The van der Waals surface area contributed by atoms with Crippen LogP contribution in [0.4, 0.5) is 4.79 Å². The standard InChI is InChI=1S/C17H33N5O4S/c1-6-27(24,25)20(5)9-7-8-18-15-19-12-14-13-21(10-11-22(14)15)16(23)26-17(2,3)4/h14H,6-13H2,1-5H3,(H,18,19). The molecule has 1 atom stereocenters. The van der Waals surface area contributed by atoms with Gasteiger partial charge in [0, 0.05) is 39.8 Å². The second kappa shape index (κ2) is 8.64. The van der Waals surface area contributed by atoms with Crippen molar-refractivity contribution < 1.29 is 17.9 Å². The monoisotopic (exact) mass is 403 g/mol. The van der Waals surface area contributed by atoms with Gasteiger partial charge in [0.1, 0.15) is 5.60 Å². The van der Waals surface area contributed by atoms with Gasteiger partial charge in [0.15, 0.2) is 5.96 Å². The number of aliphatic imine (C=N–C) groups is 1.